The highest BCUT2D eigenvalue weighted by Crippen LogP contribution is 2.18. The Bertz CT molecular complexity index is 955. The first-order valence-corrected chi connectivity index (χ1v) is 9.79. The van der Waals surface area contributed by atoms with E-state index in [-0.39, 0.29) is 5.91 Å². The third-order valence-electron chi connectivity index (χ3n) is 4.77. The van der Waals surface area contributed by atoms with Gasteiger partial charge in [-0.15, -0.1) is 0 Å². The molecule has 1 amide bonds. The molecule has 1 aromatic carbocycles. The zero-order valence-corrected chi connectivity index (χ0v) is 17.4. The molecule has 0 radical (unpaired) electrons. The molecular formula is C23H27N5O. The Morgan fingerprint density at radius 3 is 2.41 bits per heavy atom. The molecule has 2 aromatic heterocycles. The van der Waals surface area contributed by atoms with E-state index in [1.54, 1.807) is 25.4 Å². The van der Waals surface area contributed by atoms with Gasteiger partial charge in [-0.25, -0.2) is 9.97 Å². The van der Waals surface area contributed by atoms with Gasteiger partial charge in [0.05, 0.1) is 0 Å². The molecule has 6 heteroatoms. The van der Waals surface area contributed by atoms with Gasteiger partial charge in [0, 0.05) is 37.7 Å². The van der Waals surface area contributed by atoms with Crippen LogP contribution in [0.3, 0.4) is 0 Å². The minimum Gasteiger partial charge on any atom is -0.359 e. The maximum absolute atomic E-state index is 12.7. The Morgan fingerprint density at radius 2 is 1.76 bits per heavy atom. The van der Waals surface area contributed by atoms with Gasteiger partial charge in [-0.05, 0) is 54.7 Å². The van der Waals surface area contributed by atoms with E-state index in [4.69, 9.17) is 0 Å². The number of carbonyl (C=O) groups excluding carboxylic acids is 1. The van der Waals surface area contributed by atoms with Crippen LogP contribution in [0.5, 0.6) is 0 Å². The Morgan fingerprint density at radius 1 is 1.07 bits per heavy atom. The van der Waals surface area contributed by atoms with Crippen molar-refractivity contribution in [2.24, 2.45) is 0 Å². The topological polar surface area (TPSA) is 71.0 Å². The molecule has 29 heavy (non-hydrogen) atoms. The summed E-state index contributed by atoms with van der Waals surface area (Å²) >= 11 is 0. The summed E-state index contributed by atoms with van der Waals surface area (Å²) in [7, 11) is 1.97. The number of aryl methyl sites for hydroxylation is 1. The first-order chi connectivity index (χ1) is 13.9. The molecule has 0 saturated carbocycles. The summed E-state index contributed by atoms with van der Waals surface area (Å²) in [6.07, 6.45) is 4.45. The smallest absolute Gasteiger partial charge is 0.274 e. The van der Waals surface area contributed by atoms with Crippen LogP contribution in [0.15, 0.2) is 54.9 Å². The van der Waals surface area contributed by atoms with Gasteiger partial charge in [0.2, 0.25) is 0 Å². The van der Waals surface area contributed by atoms with Gasteiger partial charge in [-0.3, -0.25) is 9.78 Å². The molecule has 3 aromatic rings. The molecule has 0 aliphatic carbocycles. The lowest BCUT2D eigenvalue weighted by Crippen LogP contribution is -2.23. The summed E-state index contributed by atoms with van der Waals surface area (Å²) in [5.41, 5.74) is 3.55. The molecule has 0 aliphatic rings. The fourth-order valence-electron chi connectivity index (χ4n) is 2.97. The summed E-state index contributed by atoms with van der Waals surface area (Å²) < 4.78 is 0. The van der Waals surface area contributed by atoms with E-state index in [1.807, 2.05) is 48.3 Å². The highest BCUT2D eigenvalue weighted by Gasteiger charge is 2.13. The molecule has 0 bridgehead atoms. The van der Waals surface area contributed by atoms with Gasteiger partial charge in [-0.2, -0.15) is 0 Å². The van der Waals surface area contributed by atoms with Crippen LogP contribution in [-0.4, -0.2) is 34.5 Å². The Balaban J connectivity index is 1.69. The fourth-order valence-corrected chi connectivity index (χ4v) is 2.97. The van der Waals surface area contributed by atoms with Gasteiger partial charge < -0.3 is 10.2 Å². The normalized spacial score (nSPS) is 10.8. The maximum Gasteiger partial charge on any atom is 0.274 e. The van der Waals surface area contributed by atoms with Crippen molar-refractivity contribution in [1.29, 1.82) is 0 Å². The lowest BCUT2D eigenvalue weighted by atomic mass is 10.0. The van der Waals surface area contributed by atoms with Crippen molar-refractivity contribution in [3.8, 4) is 0 Å². The van der Waals surface area contributed by atoms with E-state index in [0.717, 1.165) is 24.5 Å². The first kappa shape index (κ1) is 20.5. The van der Waals surface area contributed by atoms with Crippen LogP contribution in [0, 0.1) is 6.92 Å². The van der Waals surface area contributed by atoms with Crippen LogP contribution in [-0.2, 0) is 6.42 Å². The summed E-state index contributed by atoms with van der Waals surface area (Å²) in [5, 5.41) is 2.92. The minimum absolute atomic E-state index is 0.239. The number of hydrogen-bond donors (Lipinski definition) is 1. The molecule has 0 saturated heterocycles. The molecule has 0 spiro atoms. The Hall–Kier alpha value is -3.28. The highest BCUT2D eigenvalue weighted by molar-refractivity contribution is 6.03. The third kappa shape index (κ3) is 5.60. The van der Waals surface area contributed by atoms with Crippen LogP contribution in [0.25, 0.3) is 0 Å². The summed E-state index contributed by atoms with van der Waals surface area (Å²) in [6.45, 7) is 6.86. The van der Waals surface area contributed by atoms with Crippen LogP contribution in [0.2, 0.25) is 0 Å². The van der Waals surface area contributed by atoms with Gasteiger partial charge in [0.1, 0.15) is 17.3 Å². The first-order valence-electron chi connectivity index (χ1n) is 9.79. The number of benzene rings is 1. The molecule has 0 fully saturated rings. The quantitative estimate of drug-likeness (QED) is 0.655. The minimum atomic E-state index is -0.239. The van der Waals surface area contributed by atoms with Gasteiger partial charge in [0.25, 0.3) is 5.91 Å². The van der Waals surface area contributed by atoms with Crippen molar-refractivity contribution in [2.75, 3.05) is 23.8 Å². The monoisotopic (exact) mass is 389 g/mol. The van der Waals surface area contributed by atoms with Gasteiger partial charge >= 0.3 is 0 Å². The number of pyridine rings is 1. The van der Waals surface area contributed by atoms with E-state index in [9.17, 15) is 4.79 Å². The van der Waals surface area contributed by atoms with Crippen LogP contribution < -0.4 is 10.2 Å². The Labute approximate surface area is 172 Å². The number of nitrogens with one attached hydrogen (secondary N) is 1. The van der Waals surface area contributed by atoms with E-state index >= 15 is 0 Å². The predicted octanol–water partition coefficient (Wildman–Crippen LogP) is 4.23. The van der Waals surface area contributed by atoms with E-state index in [0.29, 0.717) is 17.4 Å². The molecule has 0 unspecified atom stereocenters. The number of likely N-dealkylation sites (N-methyl/N-ethyl adjacent to an activating group) is 1. The molecule has 6 nitrogen and oxygen atoms in total. The summed E-state index contributed by atoms with van der Waals surface area (Å²) in [6, 6.07) is 13.6. The number of carbonyl (C=O) groups is 1. The van der Waals surface area contributed by atoms with Crippen molar-refractivity contribution in [1.82, 2.24) is 15.0 Å². The van der Waals surface area contributed by atoms with E-state index in [1.165, 1.54) is 11.1 Å². The van der Waals surface area contributed by atoms with E-state index in [2.05, 4.69) is 34.1 Å². The standard InChI is InChI=1S/C23H27N5O/c1-16(2)19-5-7-20(8-6-19)27-23(29)21-15-22(26-17(3)25-21)28(4)14-11-18-9-12-24-13-10-18/h5-10,12-13,15-16H,11,14H2,1-4H3,(H,27,29). The maximum atomic E-state index is 12.7. The predicted molar refractivity (Wildman–Crippen MR) is 116 cm³/mol. The second kappa shape index (κ2) is 9.28. The van der Waals surface area contributed by atoms with Crippen LogP contribution in [0.1, 0.15) is 47.2 Å². The lowest BCUT2D eigenvalue weighted by Gasteiger charge is -2.19. The van der Waals surface area contributed by atoms with Crippen molar-refractivity contribution in [3.05, 3.63) is 77.5 Å². The van der Waals surface area contributed by atoms with Crippen molar-refractivity contribution < 1.29 is 4.79 Å². The molecule has 0 aliphatic heterocycles. The zero-order valence-electron chi connectivity index (χ0n) is 17.4. The molecular weight excluding hydrogens is 362 g/mol. The fraction of sp³-hybridized carbons (Fsp3) is 0.304. The SMILES string of the molecule is Cc1nc(C(=O)Nc2ccc(C(C)C)cc2)cc(N(C)CCc2ccncc2)n1. The van der Waals surface area contributed by atoms with Crippen molar-refractivity contribution in [2.45, 2.75) is 33.1 Å². The number of rotatable bonds is 7. The zero-order chi connectivity index (χ0) is 20.8. The molecule has 0 atom stereocenters. The highest BCUT2D eigenvalue weighted by atomic mass is 16.1. The molecule has 150 valence electrons. The van der Waals surface area contributed by atoms with Crippen molar-refractivity contribution in [3.63, 3.8) is 0 Å². The largest absolute Gasteiger partial charge is 0.359 e. The average Bonchev–Trinajstić information content (AvgIpc) is 2.72. The summed E-state index contributed by atoms with van der Waals surface area (Å²) in [5.74, 6) is 1.51. The summed E-state index contributed by atoms with van der Waals surface area (Å²) in [4.78, 5) is 27.6. The van der Waals surface area contributed by atoms with Crippen LogP contribution >= 0.6 is 0 Å². The second-order valence-corrected chi connectivity index (χ2v) is 7.42. The number of anilines is 2. The molecule has 3 rings (SSSR count). The Kier molecular flexibility index (Phi) is 6.54. The van der Waals surface area contributed by atoms with Crippen molar-refractivity contribution >= 4 is 17.4 Å². The number of amides is 1. The lowest BCUT2D eigenvalue weighted by molar-refractivity contribution is 0.102. The average molecular weight is 390 g/mol. The van der Waals surface area contributed by atoms with Gasteiger partial charge in [-0.1, -0.05) is 26.0 Å². The second-order valence-electron chi connectivity index (χ2n) is 7.42. The van der Waals surface area contributed by atoms with Gasteiger partial charge in [0.15, 0.2) is 0 Å². The third-order valence-corrected chi connectivity index (χ3v) is 4.77. The van der Waals surface area contributed by atoms with Crippen LogP contribution in [0.4, 0.5) is 11.5 Å². The number of aromatic nitrogens is 3. The van der Waals surface area contributed by atoms with E-state index < -0.39 is 0 Å². The molecule has 1 N–H and O–H groups in total. The number of nitrogens with zero attached hydrogens (tertiary/aromatic N) is 4. The number of hydrogen-bond acceptors (Lipinski definition) is 5. The molecule has 2 heterocycles.